The summed E-state index contributed by atoms with van der Waals surface area (Å²) in [5.41, 5.74) is -0.487. The third kappa shape index (κ3) is 2.11. The number of ether oxygens (including phenoxy) is 1. The fraction of sp³-hybridized carbons (Fsp3) is 0.143. The Balaban J connectivity index is 2.83. The van der Waals surface area contributed by atoms with Gasteiger partial charge in [-0.05, 0) is 18.6 Å². The van der Waals surface area contributed by atoms with E-state index in [1.807, 2.05) is 0 Å². The van der Waals surface area contributed by atoms with Gasteiger partial charge in [-0.1, -0.05) is 12.1 Å². The lowest BCUT2D eigenvalue weighted by atomic mass is 10.0. The molecule has 0 aliphatic rings. The summed E-state index contributed by atoms with van der Waals surface area (Å²) in [6, 6.07) is 4.16. The second-order valence-corrected chi connectivity index (χ2v) is 4.15. The Kier molecular flexibility index (Phi) is 3.65. The average Bonchev–Trinajstić information content (AvgIpc) is 2.44. The second-order valence-electron chi connectivity index (χ2n) is 4.15. The summed E-state index contributed by atoms with van der Waals surface area (Å²) in [6.07, 6.45) is 0. The lowest BCUT2D eigenvalue weighted by Gasteiger charge is -2.12. The van der Waals surface area contributed by atoms with Crippen LogP contribution in [0.25, 0.3) is 11.1 Å². The van der Waals surface area contributed by atoms with Gasteiger partial charge in [-0.2, -0.15) is 0 Å². The minimum absolute atomic E-state index is 0.0215. The third-order valence-corrected chi connectivity index (χ3v) is 2.84. The molecular formula is C14H9F5O. The Hall–Kier alpha value is -2.11. The van der Waals surface area contributed by atoms with Gasteiger partial charge in [-0.25, -0.2) is 22.0 Å². The molecular weight excluding hydrogens is 279 g/mol. The van der Waals surface area contributed by atoms with E-state index in [-0.39, 0.29) is 11.3 Å². The van der Waals surface area contributed by atoms with Crippen molar-refractivity contribution in [2.75, 3.05) is 7.11 Å². The lowest BCUT2D eigenvalue weighted by Crippen LogP contribution is -2.04. The van der Waals surface area contributed by atoms with Gasteiger partial charge in [0.1, 0.15) is 5.75 Å². The maximum atomic E-state index is 13.7. The van der Waals surface area contributed by atoms with Crippen molar-refractivity contribution in [3.05, 3.63) is 52.8 Å². The number of aryl methyl sites for hydroxylation is 1. The van der Waals surface area contributed by atoms with Crippen LogP contribution in [0.1, 0.15) is 5.56 Å². The van der Waals surface area contributed by atoms with Gasteiger partial charge >= 0.3 is 0 Å². The van der Waals surface area contributed by atoms with E-state index in [4.69, 9.17) is 4.74 Å². The first kappa shape index (κ1) is 14.3. The zero-order valence-corrected chi connectivity index (χ0v) is 10.5. The van der Waals surface area contributed by atoms with E-state index in [2.05, 4.69) is 0 Å². The summed E-state index contributed by atoms with van der Waals surface area (Å²) in [7, 11) is 1.24. The van der Waals surface area contributed by atoms with Crippen molar-refractivity contribution in [3.8, 4) is 16.9 Å². The van der Waals surface area contributed by atoms with Gasteiger partial charge in [-0.15, -0.1) is 0 Å². The SMILES string of the molecule is COc1cc(C)ccc1-c1c(F)c(F)c(F)c(F)c1F. The number of hydrogen-bond donors (Lipinski definition) is 0. The van der Waals surface area contributed by atoms with Gasteiger partial charge in [0.05, 0.1) is 12.7 Å². The topological polar surface area (TPSA) is 9.23 Å². The first-order chi connectivity index (χ1) is 9.38. The molecule has 0 spiro atoms. The van der Waals surface area contributed by atoms with Gasteiger partial charge in [-0.3, -0.25) is 0 Å². The van der Waals surface area contributed by atoms with Gasteiger partial charge in [0.15, 0.2) is 23.3 Å². The average molecular weight is 288 g/mol. The van der Waals surface area contributed by atoms with Crippen LogP contribution >= 0.6 is 0 Å². The molecule has 0 radical (unpaired) electrons. The highest BCUT2D eigenvalue weighted by atomic mass is 19.2. The van der Waals surface area contributed by atoms with E-state index in [0.29, 0.717) is 0 Å². The summed E-state index contributed by atoms with van der Waals surface area (Å²) < 4.78 is 71.8. The van der Waals surface area contributed by atoms with Crippen molar-refractivity contribution in [3.63, 3.8) is 0 Å². The van der Waals surface area contributed by atoms with Crippen LogP contribution in [-0.4, -0.2) is 7.11 Å². The van der Waals surface area contributed by atoms with Crippen LogP contribution in [0, 0.1) is 36.0 Å². The molecule has 0 aliphatic heterocycles. The Bertz CT molecular complexity index is 653. The number of benzene rings is 2. The van der Waals surface area contributed by atoms with E-state index >= 15 is 0 Å². The van der Waals surface area contributed by atoms with Crippen LogP contribution in [0.15, 0.2) is 18.2 Å². The van der Waals surface area contributed by atoms with E-state index in [1.165, 1.54) is 25.3 Å². The Morgan fingerprint density at radius 3 is 1.80 bits per heavy atom. The number of rotatable bonds is 2. The van der Waals surface area contributed by atoms with Gasteiger partial charge in [0, 0.05) is 5.56 Å². The minimum Gasteiger partial charge on any atom is -0.496 e. The number of halogens is 5. The first-order valence-electron chi connectivity index (χ1n) is 5.55. The van der Waals surface area contributed by atoms with Crippen molar-refractivity contribution < 1.29 is 26.7 Å². The van der Waals surface area contributed by atoms with E-state index in [0.717, 1.165) is 5.56 Å². The van der Waals surface area contributed by atoms with E-state index < -0.39 is 34.6 Å². The molecule has 0 fully saturated rings. The van der Waals surface area contributed by atoms with Crippen molar-refractivity contribution in [2.24, 2.45) is 0 Å². The molecule has 2 aromatic carbocycles. The highest BCUT2D eigenvalue weighted by Gasteiger charge is 2.28. The molecule has 0 aliphatic carbocycles. The Morgan fingerprint density at radius 2 is 1.30 bits per heavy atom. The molecule has 0 aromatic heterocycles. The van der Waals surface area contributed by atoms with Crippen molar-refractivity contribution in [2.45, 2.75) is 6.92 Å². The normalized spacial score (nSPS) is 10.8. The van der Waals surface area contributed by atoms with Crippen molar-refractivity contribution in [1.29, 1.82) is 0 Å². The van der Waals surface area contributed by atoms with Gasteiger partial charge in [0.25, 0.3) is 0 Å². The zero-order valence-electron chi connectivity index (χ0n) is 10.5. The predicted molar refractivity (Wildman–Crippen MR) is 63.0 cm³/mol. The molecule has 20 heavy (non-hydrogen) atoms. The Morgan fingerprint density at radius 1 is 0.800 bits per heavy atom. The Labute approximate surface area is 111 Å². The predicted octanol–water partition coefficient (Wildman–Crippen LogP) is 4.37. The third-order valence-electron chi connectivity index (χ3n) is 2.84. The minimum atomic E-state index is -2.19. The molecule has 2 rings (SSSR count). The van der Waals surface area contributed by atoms with Crippen LogP contribution in [0.5, 0.6) is 5.75 Å². The molecule has 106 valence electrons. The second kappa shape index (κ2) is 5.11. The summed E-state index contributed by atoms with van der Waals surface area (Å²) >= 11 is 0. The van der Waals surface area contributed by atoms with Crippen molar-refractivity contribution >= 4 is 0 Å². The molecule has 0 unspecified atom stereocenters. The van der Waals surface area contributed by atoms with E-state index in [9.17, 15) is 22.0 Å². The molecule has 6 heteroatoms. The molecule has 0 N–H and O–H groups in total. The zero-order chi connectivity index (χ0) is 15.0. The first-order valence-corrected chi connectivity index (χ1v) is 5.55. The largest absolute Gasteiger partial charge is 0.496 e. The van der Waals surface area contributed by atoms with Crippen LogP contribution in [0.4, 0.5) is 22.0 Å². The standard InChI is InChI=1S/C14H9F5O/c1-6-3-4-7(8(5-6)20-2)9-10(15)12(17)14(19)13(18)11(9)16/h3-5H,1-2H3. The summed E-state index contributed by atoms with van der Waals surface area (Å²) in [4.78, 5) is 0. The van der Waals surface area contributed by atoms with E-state index in [1.54, 1.807) is 6.92 Å². The smallest absolute Gasteiger partial charge is 0.200 e. The molecule has 2 aromatic rings. The van der Waals surface area contributed by atoms with Crippen molar-refractivity contribution in [1.82, 2.24) is 0 Å². The quantitative estimate of drug-likeness (QED) is 0.453. The lowest BCUT2D eigenvalue weighted by molar-refractivity contribution is 0.379. The number of hydrogen-bond acceptors (Lipinski definition) is 1. The summed E-state index contributed by atoms with van der Waals surface area (Å²) in [5, 5.41) is 0. The molecule has 0 amide bonds. The van der Waals surface area contributed by atoms with Crippen LogP contribution < -0.4 is 4.74 Å². The fourth-order valence-electron chi connectivity index (χ4n) is 1.85. The van der Waals surface area contributed by atoms with Gasteiger partial charge < -0.3 is 4.74 Å². The monoisotopic (exact) mass is 288 g/mol. The molecule has 0 atom stereocenters. The molecule has 0 saturated heterocycles. The molecule has 0 saturated carbocycles. The highest BCUT2D eigenvalue weighted by molar-refractivity contribution is 5.72. The maximum Gasteiger partial charge on any atom is 0.200 e. The highest BCUT2D eigenvalue weighted by Crippen LogP contribution is 2.37. The molecule has 0 bridgehead atoms. The number of methoxy groups -OCH3 is 1. The van der Waals surface area contributed by atoms with Crippen LogP contribution in [-0.2, 0) is 0 Å². The van der Waals surface area contributed by atoms with Crippen LogP contribution in [0.3, 0.4) is 0 Å². The van der Waals surface area contributed by atoms with Crippen LogP contribution in [0.2, 0.25) is 0 Å². The fourth-order valence-corrected chi connectivity index (χ4v) is 1.85. The molecule has 1 nitrogen and oxygen atoms in total. The summed E-state index contributed by atoms with van der Waals surface area (Å²) in [5.74, 6) is -9.90. The molecule has 0 heterocycles. The van der Waals surface area contributed by atoms with Gasteiger partial charge in [0.2, 0.25) is 5.82 Å². The maximum absolute atomic E-state index is 13.7. The summed E-state index contributed by atoms with van der Waals surface area (Å²) in [6.45, 7) is 1.70.